The van der Waals surface area contributed by atoms with E-state index in [0.717, 1.165) is 32.1 Å². The molecule has 236 valence electrons. The average Bonchev–Trinajstić information content (AvgIpc) is 3.41. The van der Waals surface area contributed by atoms with Gasteiger partial charge in [0.25, 0.3) is 0 Å². The van der Waals surface area contributed by atoms with Crippen molar-refractivity contribution in [2.24, 2.45) is 34.5 Å². The molecule has 41 heavy (non-hydrogen) atoms. The number of hydrogen-bond donors (Lipinski definition) is 1. The van der Waals surface area contributed by atoms with E-state index in [1.807, 2.05) is 0 Å². The van der Waals surface area contributed by atoms with Crippen molar-refractivity contribution in [1.82, 2.24) is 0 Å². The van der Waals surface area contributed by atoms with Crippen LogP contribution in [0.1, 0.15) is 93.9 Å². The summed E-state index contributed by atoms with van der Waals surface area (Å²) >= 11 is 0. The van der Waals surface area contributed by atoms with Gasteiger partial charge < -0.3 is 23.4 Å². The number of fused-ring (bicyclic) bond motifs is 6. The molecule has 0 bridgehead atoms. The summed E-state index contributed by atoms with van der Waals surface area (Å²) in [7, 11) is -4.14. The monoisotopic (exact) mass is 608 g/mol. The number of carbonyl (C=O) groups is 1. The third-order valence-electron chi connectivity index (χ3n) is 13.7. The third-order valence-corrected chi connectivity index (χ3v) is 22.8. The van der Waals surface area contributed by atoms with Gasteiger partial charge in [0, 0.05) is 35.9 Å². The first-order valence-electron chi connectivity index (χ1n) is 16.5. The van der Waals surface area contributed by atoms with E-state index < -0.39 is 28.5 Å². The van der Waals surface area contributed by atoms with E-state index in [-0.39, 0.29) is 62.6 Å². The zero-order chi connectivity index (χ0) is 30.6. The highest BCUT2D eigenvalue weighted by atomic mass is 28.4. The van der Waals surface area contributed by atoms with E-state index in [0.29, 0.717) is 19.6 Å². The summed E-state index contributed by atoms with van der Waals surface area (Å²) < 4.78 is 27.2. The quantitative estimate of drug-likeness (QED) is 0.337. The van der Waals surface area contributed by atoms with Gasteiger partial charge >= 0.3 is 0 Å². The molecule has 0 unspecified atom stereocenters. The van der Waals surface area contributed by atoms with Crippen molar-refractivity contribution in [3.63, 3.8) is 0 Å². The van der Waals surface area contributed by atoms with Gasteiger partial charge in [-0.1, -0.05) is 55.4 Å². The lowest BCUT2D eigenvalue weighted by molar-refractivity contribution is -0.268. The molecular weight excluding hydrogens is 549 g/mol. The van der Waals surface area contributed by atoms with Gasteiger partial charge in [0.05, 0.1) is 13.2 Å². The number of aliphatic hydroxyl groups excluding tert-OH is 1. The largest absolute Gasteiger partial charge is 0.414 e. The van der Waals surface area contributed by atoms with Crippen molar-refractivity contribution in [2.45, 2.75) is 154 Å². The topological polar surface area (TPSA) is 74.2 Å². The van der Waals surface area contributed by atoms with Crippen LogP contribution in [-0.4, -0.2) is 64.8 Å². The number of aliphatic hydroxyl groups is 1. The second-order valence-corrected chi connectivity index (χ2v) is 27.4. The smallest absolute Gasteiger partial charge is 0.192 e. The first-order valence-corrected chi connectivity index (χ1v) is 22.3. The van der Waals surface area contributed by atoms with E-state index in [9.17, 15) is 9.90 Å². The zero-order valence-corrected chi connectivity index (χ0v) is 30.2. The van der Waals surface area contributed by atoms with Gasteiger partial charge in [-0.25, -0.2) is 0 Å². The van der Waals surface area contributed by atoms with Crippen molar-refractivity contribution in [2.75, 3.05) is 13.2 Å². The number of ketones is 1. The molecule has 4 saturated carbocycles. The highest BCUT2D eigenvalue weighted by Crippen LogP contribution is 2.70. The Bertz CT molecular complexity index is 1020. The molecule has 1 spiro atoms. The van der Waals surface area contributed by atoms with Crippen LogP contribution in [0, 0.1) is 34.5 Å². The van der Waals surface area contributed by atoms with Crippen LogP contribution < -0.4 is 0 Å². The highest BCUT2D eigenvalue weighted by molar-refractivity contribution is 6.74. The first-order chi connectivity index (χ1) is 18.6. The molecule has 1 N–H and O–H groups in total. The van der Waals surface area contributed by atoms with E-state index in [1.165, 1.54) is 0 Å². The summed E-state index contributed by atoms with van der Waals surface area (Å²) in [5.74, 6) is -0.636. The molecule has 5 aliphatic rings. The van der Waals surface area contributed by atoms with Crippen LogP contribution in [0.5, 0.6) is 0 Å². The van der Waals surface area contributed by atoms with Crippen molar-refractivity contribution >= 4 is 22.4 Å². The van der Waals surface area contributed by atoms with E-state index in [2.05, 4.69) is 81.6 Å². The van der Waals surface area contributed by atoms with E-state index in [1.54, 1.807) is 0 Å². The molecule has 0 aromatic heterocycles. The minimum Gasteiger partial charge on any atom is -0.414 e. The lowest BCUT2D eigenvalue weighted by Crippen LogP contribution is -2.69. The lowest BCUT2D eigenvalue weighted by atomic mass is 9.43. The molecule has 5 rings (SSSR count). The van der Waals surface area contributed by atoms with Gasteiger partial charge in [-0.3, -0.25) is 4.79 Å². The molecule has 0 amide bonds. The average molecular weight is 609 g/mol. The van der Waals surface area contributed by atoms with Gasteiger partial charge in [-0.2, -0.15) is 0 Å². The molecule has 1 saturated heterocycles. The molecule has 1 aliphatic heterocycles. The SMILES string of the molecule is CC(C)(C)[Si](C)(C)O[C@H]1CC[C@]2(C)[C@@H]3[C@@H]([C@@H](O)C(=O)[C@H]2C1)[C@@H]1CCC2(OCCO2)[C@@]1(C)C[C@@H]3O[Si](C)(C)C(C)(C)C. The zero-order valence-electron chi connectivity index (χ0n) is 28.2. The Morgan fingerprint density at radius 1 is 0.878 bits per heavy atom. The number of hydrogen-bond acceptors (Lipinski definition) is 6. The number of rotatable bonds is 4. The summed E-state index contributed by atoms with van der Waals surface area (Å²) in [6.07, 6.45) is 4.29. The maximum atomic E-state index is 14.3. The number of Topliss-reactive ketones (excluding diaryl/α,β-unsaturated/α-hetero) is 1. The molecule has 0 aromatic rings. The Labute approximate surface area is 252 Å². The Morgan fingerprint density at radius 3 is 2.00 bits per heavy atom. The standard InChI is InChI=1S/C33H60O6Si2/c1-29(2,3)40(9,10)38-21-13-15-31(7)23(19-21)27(34)28(35)25-22-14-16-33(36-17-18-37-33)32(22,8)20-24(26(25)31)39-41(11,12)30(4,5)6/h21-26,28,35H,13-20H2,1-12H3/t21-,22-,23+,24-,25-,26-,28+,31-,32-/m0/s1. The van der Waals surface area contributed by atoms with Crippen molar-refractivity contribution in [3.05, 3.63) is 0 Å². The predicted molar refractivity (Wildman–Crippen MR) is 168 cm³/mol. The van der Waals surface area contributed by atoms with Crippen molar-refractivity contribution in [3.8, 4) is 0 Å². The highest BCUT2D eigenvalue weighted by Gasteiger charge is 2.73. The third kappa shape index (κ3) is 4.83. The first kappa shape index (κ1) is 32.3. The van der Waals surface area contributed by atoms with Gasteiger partial charge in [-0.15, -0.1) is 0 Å². The van der Waals surface area contributed by atoms with Gasteiger partial charge in [0.15, 0.2) is 28.2 Å². The summed E-state index contributed by atoms with van der Waals surface area (Å²) in [5, 5.41) is 12.2. The molecule has 9 atom stereocenters. The Hall–Kier alpha value is -0.0962. The molecule has 6 nitrogen and oxygen atoms in total. The summed E-state index contributed by atoms with van der Waals surface area (Å²) in [4.78, 5) is 14.3. The number of carbonyl (C=O) groups excluding carboxylic acids is 1. The van der Waals surface area contributed by atoms with Crippen molar-refractivity contribution < 1.29 is 28.2 Å². The Balaban J connectivity index is 1.54. The Kier molecular flexibility index (Phi) is 7.84. The number of ether oxygens (including phenoxy) is 2. The fourth-order valence-electron chi connectivity index (χ4n) is 9.31. The van der Waals surface area contributed by atoms with E-state index in [4.69, 9.17) is 18.3 Å². The second-order valence-electron chi connectivity index (χ2n) is 17.9. The summed E-state index contributed by atoms with van der Waals surface area (Å²) in [6.45, 7) is 28.9. The maximum Gasteiger partial charge on any atom is 0.192 e. The fourth-order valence-corrected chi connectivity index (χ4v) is 12.1. The fraction of sp³-hybridized carbons (Fsp3) is 0.970. The molecule has 4 aliphatic carbocycles. The minimum absolute atomic E-state index is 0.0433. The van der Waals surface area contributed by atoms with E-state index >= 15 is 0 Å². The molecule has 8 heteroatoms. The van der Waals surface area contributed by atoms with Crippen molar-refractivity contribution in [1.29, 1.82) is 0 Å². The van der Waals surface area contributed by atoms with Crippen LogP contribution in [0.25, 0.3) is 0 Å². The van der Waals surface area contributed by atoms with Gasteiger partial charge in [0.2, 0.25) is 0 Å². The van der Waals surface area contributed by atoms with Gasteiger partial charge in [-0.05, 0) is 85.6 Å². The summed E-state index contributed by atoms with van der Waals surface area (Å²) in [5.41, 5.74) is -0.527. The lowest BCUT2D eigenvalue weighted by Gasteiger charge is -2.65. The molecule has 0 radical (unpaired) electrons. The van der Waals surface area contributed by atoms with Gasteiger partial charge in [0.1, 0.15) is 6.10 Å². The summed E-state index contributed by atoms with van der Waals surface area (Å²) in [6, 6.07) is 0. The predicted octanol–water partition coefficient (Wildman–Crippen LogP) is 7.31. The Morgan fingerprint density at radius 2 is 1.44 bits per heavy atom. The second kappa shape index (κ2) is 9.95. The van der Waals surface area contributed by atoms with Crippen LogP contribution in [0.4, 0.5) is 0 Å². The minimum atomic E-state index is -2.16. The molecule has 1 heterocycles. The van der Waals surface area contributed by atoms with Crippen LogP contribution in [-0.2, 0) is 23.1 Å². The molecule has 5 fully saturated rings. The van der Waals surface area contributed by atoms with Crippen LogP contribution in [0.15, 0.2) is 0 Å². The molecular formula is C33H60O6Si2. The van der Waals surface area contributed by atoms with Crippen LogP contribution in [0.2, 0.25) is 36.3 Å². The van der Waals surface area contributed by atoms with Crippen LogP contribution >= 0.6 is 0 Å². The molecule has 0 aromatic carbocycles. The maximum absolute atomic E-state index is 14.3. The van der Waals surface area contributed by atoms with Crippen LogP contribution in [0.3, 0.4) is 0 Å². The normalized spacial score (nSPS) is 43.1.